The Hall–Kier alpha value is -1.83. The van der Waals surface area contributed by atoms with Crippen LogP contribution < -0.4 is 9.62 Å². The number of benzene rings is 2. The Morgan fingerprint density at radius 2 is 1.96 bits per heavy atom. The summed E-state index contributed by atoms with van der Waals surface area (Å²) >= 11 is 1.60. The van der Waals surface area contributed by atoms with Crippen molar-refractivity contribution < 1.29 is 13.2 Å². The molecule has 7 heteroatoms. The van der Waals surface area contributed by atoms with Crippen LogP contribution in [0.3, 0.4) is 0 Å². The summed E-state index contributed by atoms with van der Waals surface area (Å²) in [6.07, 6.45) is 3.19. The van der Waals surface area contributed by atoms with Crippen LogP contribution >= 0.6 is 11.8 Å². The van der Waals surface area contributed by atoms with Crippen LogP contribution in [0.5, 0.6) is 0 Å². The van der Waals surface area contributed by atoms with Gasteiger partial charge in [0.05, 0.1) is 4.90 Å². The Morgan fingerprint density at radius 3 is 2.71 bits per heavy atom. The number of aryl methyl sites for hydroxylation is 2. The lowest BCUT2D eigenvalue weighted by molar-refractivity contribution is -0.120. The van der Waals surface area contributed by atoms with Gasteiger partial charge in [0.2, 0.25) is 15.9 Å². The molecule has 0 radical (unpaired) electrons. The molecule has 1 N–H and O–H groups in total. The van der Waals surface area contributed by atoms with E-state index >= 15 is 0 Å². The minimum Gasteiger partial charge on any atom is -0.310 e. The highest BCUT2D eigenvalue weighted by Crippen LogP contribution is 2.28. The van der Waals surface area contributed by atoms with Gasteiger partial charge < -0.3 is 4.90 Å². The average Bonchev–Trinajstić information content (AvgIpc) is 3.10. The second-order valence-electron chi connectivity index (χ2n) is 7.09. The molecule has 0 unspecified atom stereocenters. The molecule has 150 valence electrons. The summed E-state index contributed by atoms with van der Waals surface area (Å²) in [5.41, 5.74) is 3.54. The average molecular weight is 419 g/mol. The van der Waals surface area contributed by atoms with Gasteiger partial charge in [0, 0.05) is 12.2 Å². The van der Waals surface area contributed by atoms with Crippen LogP contribution in [0.4, 0.5) is 5.69 Å². The Labute approximate surface area is 171 Å². The third kappa shape index (κ3) is 4.42. The summed E-state index contributed by atoms with van der Waals surface area (Å²) in [5, 5.41) is 0. The van der Waals surface area contributed by atoms with Gasteiger partial charge in [0.1, 0.15) is 6.04 Å². The zero-order valence-electron chi connectivity index (χ0n) is 16.4. The molecule has 0 fully saturated rings. The lowest BCUT2D eigenvalue weighted by Gasteiger charge is -2.25. The normalized spacial score (nSPS) is 14.8. The van der Waals surface area contributed by atoms with E-state index in [0.29, 0.717) is 24.3 Å². The Kier molecular flexibility index (Phi) is 6.47. The fourth-order valence-corrected chi connectivity index (χ4v) is 5.50. The van der Waals surface area contributed by atoms with Crippen LogP contribution in [-0.4, -0.2) is 38.9 Å². The number of hydrogen-bond donors (Lipinski definition) is 1. The molecule has 0 aliphatic carbocycles. The number of amides is 1. The number of carbonyl (C=O) groups is 1. The second kappa shape index (κ2) is 8.68. The predicted octanol–water partition coefficient (Wildman–Crippen LogP) is 3.29. The molecule has 1 heterocycles. The third-order valence-corrected chi connectivity index (χ3v) is 7.25. The zero-order valence-corrected chi connectivity index (χ0v) is 18.1. The molecule has 0 saturated heterocycles. The molecule has 1 aliphatic rings. The first-order valence-corrected chi connectivity index (χ1v) is 12.2. The van der Waals surface area contributed by atoms with Crippen molar-refractivity contribution in [3.8, 4) is 0 Å². The molecule has 1 aliphatic heterocycles. The van der Waals surface area contributed by atoms with E-state index in [2.05, 4.69) is 4.72 Å². The highest BCUT2D eigenvalue weighted by atomic mass is 32.2. The maximum Gasteiger partial charge on any atom is 0.245 e. The first-order valence-electron chi connectivity index (χ1n) is 9.31. The van der Waals surface area contributed by atoms with Crippen LogP contribution in [0, 0.1) is 13.8 Å². The van der Waals surface area contributed by atoms with Crippen LogP contribution in [0.2, 0.25) is 0 Å². The largest absolute Gasteiger partial charge is 0.310 e. The van der Waals surface area contributed by atoms with Gasteiger partial charge in [-0.15, -0.1) is 0 Å². The highest BCUT2D eigenvalue weighted by Gasteiger charge is 2.33. The van der Waals surface area contributed by atoms with E-state index in [-0.39, 0.29) is 10.8 Å². The number of anilines is 1. The smallest absolute Gasteiger partial charge is 0.245 e. The quantitative estimate of drug-likeness (QED) is 0.749. The lowest BCUT2D eigenvalue weighted by Crippen LogP contribution is -2.48. The number of fused-ring (bicyclic) bond motifs is 1. The molecule has 1 atom stereocenters. The van der Waals surface area contributed by atoms with Crippen LogP contribution in [0.1, 0.15) is 23.1 Å². The summed E-state index contributed by atoms with van der Waals surface area (Å²) in [7, 11) is -3.80. The molecule has 28 heavy (non-hydrogen) atoms. The summed E-state index contributed by atoms with van der Waals surface area (Å²) in [6, 6.07) is 12.3. The van der Waals surface area contributed by atoms with Gasteiger partial charge >= 0.3 is 0 Å². The molecule has 0 saturated carbocycles. The monoisotopic (exact) mass is 418 g/mol. The molecule has 1 amide bonds. The van der Waals surface area contributed by atoms with E-state index in [4.69, 9.17) is 0 Å². The molecule has 0 spiro atoms. The maximum atomic E-state index is 13.3. The zero-order chi connectivity index (χ0) is 20.3. The molecule has 5 nitrogen and oxygen atoms in total. The SMILES string of the molecule is CSCC[C@@H](NS(=O)(=O)c1cc(C)ccc1C)C(=O)N1CCc2ccccc21. The number of hydrogen-bond acceptors (Lipinski definition) is 4. The van der Waals surface area contributed by atoms with Crippen molar-refractivity contribution in [3.05, 3.63) is 59.2 Å². The first kappa shape index (κ1) is 20.9. The number of thioether (sulfide) groups is 1. The van der Waals surface area contributed by atoms with E-state index in [1.165, 1.54) is 0 Å². The van der Waals surface area contributed by atoms with Crippen LogP contribution in [0.15, 0.2) is 47.4 Å². The van der Waals surface area contributed by atoms with Crippen molar-refractivity contribution in [1.29, 1.82) is 0 Å². The fourth-order valence-electron chi connectivity index (χ4n) is 3.47. The Morgan fingerprint density at radius 1 is 1.21 bits per heavy atom. The molecule has 2 aromatic carbocycles. The standard InChI is InChI=1S/C21H26N2O3S2/c1-15-8-9-16(2)20(14-15)28(25,26)22-18(11-13-27-3)21(24)23-12-10-17-6-4-5-7-19(17)23/h4-9,14,18,22H,10-13H2,1-3H3/t18-/m1/s1. The molecule has 0 aromatic heterocycles. The Bertz CT molecular complexity index is 973. The fraction of sp³-hybridized carbons (Fsp3) is 0.381. The number of para-hydroxylation sites is 1. The molecular weight excluding hydrogens is 392 g/mol. The lowest BCUT2D eigenvalue weighted by atomic mass is 10.1. The predicted molar refractivity (Wildman–Crippen MR) is 116 cm³/mol. The van der Waals surface area contributed by atoms with Crippen molar-refractivity contribution in [2.75, 3.05) is 23.5 Å². The van der Waals surface area contributed by atoms with Gasteiger partial charge in [-0.3, -0.25) is 4.79 Å². The molecular formula is C21H26N2O3S2. The van der Waals surface area contributed by atoms with Gasteiger partial charge in [0.25, 0.3) is 0 Å². The van der Waals surface area contributed by atoms with Crippen molar-refractivity contribution in [3.63, 3.8) is 0 Å². The van der Waals surface area contributed by atoms with E-state index in [1.54, 1.807) is 35.7 Å². The van der Waals surface area contributed by atoms with Crippen molar-refractivity contribution in [2.24, 2.45) is 0 Å². The maximum absolute atomic E-state index is 13.3. The molecule has 3 rings (SSSR count). The molecule has 0 bridgehead atoms. The number of nitrogens with one attached hydrogen (secondary N) is 1. The number of sulfonamides is 1. The minimum atomic E-state index is -3.80. The van der Waals surface area contributed by atoms with E-state index in [0.717, 1.165) is 23.2 Å². The highest BCUT2D eigenvalue weighted by molar-refractivity contribution is 7.98. The van der Waals surface area contributed by atoms with E-state index in [9.17, 15) is 13.2 Å². The van der Waals surface area contributed by atoms with Crippen molar-refractivity contribution in [1.82, 2.24) is 4.72 Å². The molecule has 2 aromatic rings. The van der Waals surface area contributed by atoms with E-state index < -0.39 is 16.1 Å². The van der Waals surface area contributed by atoms with Gasteiger partial charge in [-0.1, -0.05) is 30.3 Å². The number of nitrogens with zero attached hydrogens (tertiary/aromatic N) is 1. The van der Waals surface area contributed by atoms with Crippen LogP contribution in [0.25, 0.3) is 0 Å². The van der Waals surface area contributed by atoms with Gasteiger partial charge in [-0.05, 0) is 67.5 Å². The third-order valence-electron chi connectivity index (χ3n) is 4.99. The minimum absolute atomic E-state index is 0.187. The van der Waals surface area contributed by atoms with Crippen molar-refractivity contribution >= 4 is 33.4 Å². The Balaban J connectivity index is 1.88. The summed E-state index contributed by atoms with van der Waals surface area (Å²) in [6.45, 7) is 4.21. The van der Waals surface area contributed by atoms with Crippen LogP contribution in [-0.2, 0) is 21.2 Å². The van der Waals surface area contributed by atoms with Crippen molar-refractivity contribution in [2.45, 2.75) is 37.6 Å². The first-order chi connectivity index (χ1) is 13.3. The number of rotatable bonds is 7. The summed E-state index contributed by atoms with van der Waals surface area (Å²) in [5.74, 6) is 0.509. The summed E-state index contributed by atoms with van der Waals surface area (Å²) < 4.78 is 28.8. The number of carbonyl (C=O) groups excluding carboxylic acids is 1. The van der Waals surface area contributed by atoms with Gasteiger partial charge in [-0.25, -0.2) is 8.42 Å². The second-order valence-corrected chi connectivity index (χ2v) is 9.76. The van der Waals surface area contributed by atoms with Gasteiger partial charge in [-0.2, -0.15) is 16.5 Å². The van der Waals surface area contributed by atoms with E-state index in [1.807, 2.05) is 43.5 Å². The topological polar surface area (TPSA) is 66.5 Å². The summed E-state index contributed by atoms with van der Waals surface area (Å²) in [4.78, 5) is 15.2. The van der Waals surface area contributed by atoms with Gasteiger partial charge in [0.15, 0.2) is 0 Å².